The van der Waals surface area contributed by atoms with Crippen molar-refractivity contribution in [1.29, 1.82) is 0 Å². The fourth-order valence-electron chi connectivity index (χ4n) is 3.74. The highest BCUT2D eigenvalue weighted by Gasteiger charge is 2.31. The highest BCUT2D eigenvalue weighted by Crippen LogP contribution is 2.28. The lowest BCUT2D eigenvalue weighted by Gasteiger charge is -2.33. The van der Waals surface area contributed by atoms with Gasteiger partial charge in [0.05, 0.1) is 0 Å². The van der Waals surface area contributed by atoms with Crippen molar-refractivity contribution in [2.75, 3.05) is 26.2 Å². The van der Waals surface area contributed by atoms with Crippen molar-refractivity contribution in [2.24, 2.45) is 4.99 Å². The Hall–Kier alpha value is -2.45. The molecule has 0 unspecified atom stereocenters. The number of hydrogen-bond donors (Lipinski definition) is 3. The van der Waals surface area contributed by atoms with Crippen LogP contribution in [0, 0.1) is 11.6 Å². The quantitative estimate of drug-likeness (QED) is 0.706. The fourth-order valence-corrected chi connectivity index (χ4v) is 3.74. The number of fused-ring (bicyclic) bond motifs is 1. The summed E-state index contributed by atoms with van der Waals surface area (Å²) in [4.78, 5) is 4.87. The van der Waals surface area contributed by atoms with Crippen molar-refractivity contribution in [1.82, 2.24) is 21.1 Å². The maximum Gasteiger partial charge on any atom is 0.191 e. The second-order valence-electron chi connectivity index (χ2n) is 7.99. The number of nitrogens with one attached hydrogen (secondary N) is 3. The van der Waals surface area contributed by atoms with E-state index >= 15 is 0 Å². The van der Waals surface area contributed by atoms with Crippen LogP contribution in [-0.4, -0.2) is 42.6 Å². The molecule has 3 aliphatic rings. The first-order valence-electron chi connectivity index (χ1n) is 10.1. The summed E-state index contributed by atoms with van der Waals surface area (Å²) in [5, 5.41) is 8.93. The third-order valence-corrected chi connectivity index (χ3v) is 5.29. The van der Waals surface area contributed by atoms with E-state index in [0.717, 1.165) is 44.1 Å². The van der Waals surface area contributed by atoms with Crippen molar-refractivity contribution in [3.05, 3.63) is 53.0 Å². The van der Waals surface area contributed by atoms with E-state index in [2.05, 4.69) is 22.1 Å². The van der Waals surface area contributed by atoms with Gasteiger partial charge in [0.1, 0.15) is 17.3 Å². The van der Waals surface area contributed by atoms with Gasteiger partial charge in [-0.1, -0.05) is 6.07 Å². The molecule has 0 spiro atoms. The zero-order valence-electron chi connectivity index (χ0n) is 16.8. The highest BCUT2D eigenvalue weighted by atomic mass is 19.1. The topological polar surface area (TPSA) is 60.9 Å². The number of aliphatic imine (C=N–C) groups is 1. The predicted molar refractivity (Wildman–Crippen MR) is 108 cm³/mol. The van der Waals surface area contributed by atoms with Crippen LogP contribution in [0.3, 0.4) is 0 Å². The van der Waals surface area contributed by atoms with E-state index in [1.807, 2.05) is 18.9 Å². The number of halogens is 2. The van der Waals surface area contributed by atoms with Gasteiger partial charge in [-0.15, -0.1) is 0 Å². The van der Waals surface area contributed by atoms with Crippen LogP contribution in [0.25, 0.3) is 0 Å². The SMILES string of the molecule is CC(C)(CCN=C1C2=C(CCNCC2)NC2=CCNN21)Oc1c(F)cccc1F. The minimum Gasteiger partial charge on any atom is -0.482 e. The minimum atomic E-state index is -0.765. The molecule has 0 radical (unpaired) electrons. The Bertz CT molecular complexity index is 858. The van der Waals surface area contributed by atoms with Crippen molar-refractivity contribution in [3.63, 3.8) is 0 Å². The van der Waals surface area contributed by atoms with Gasteiger partial charge in [-0.3, -0.25) is 4.99 Å². The standard InChI is InChI=1S/C21H27F2N5O/c1-21(2,29-19-15(22)4-3-5-16(19)23)9-13-25-20-14-6-10-24-11-7-17(14)27-18-8-12-26-28(18)20/h3-5,8,24,26-27H,6-7,9-13H2,1-2H3. The molecule has 1 aromatic rings. The number of para-hydroxylation sites is 1. The Kier molecular flexibility index (Phi) is 5.56. The third kappa shape index (κ3) is 4.28. The minimum absolute atomic E-state index is 0.335. The van der Waals surface area contributed by atoms with Gasteiger partial charge >= 0.3 is 0 Å². The number of amidine groups is 1. The monoisotopic (exact) mass is 403 g/mol. The van der Waals surface area contributed by atoms with Crippen LogP contribution in [0.2, 0.25) is 0 Å². The van der Waals surface area contributed by atoms with Gasteiger partial charge in [0.2, 0.25) is 0 Å². The first-order chi connectivity index (χ1) is 13.9. The predicted octanol–water partition coefficient (Wildman–Crippen LogP) is 2.81. The smallest absolute Gasteiger partial charge is 0.191 e. The van der Waals surface area contributed by atoms with E-state index < -0.39 is 17.2 Å². The Labute approximate surface area is 169 Å². The first kappa shape index (κ1) is 19.8. The number of rotatable bonds is 5. The summed E-state index contributed by atoms with van der Waals surface area (Å²) in [5.74, 6) is 0.199. The van der Waals surface area contributed by atoms with E-state index in [1.54, 1.807) is 0 Å². The summed E-state index contributed by atoms with van der Waals surface area (Å²) in [6.45, 7) is 6.72. The van der Waals surface area contributed by atoms with Gasteiger partial charge in [-0.05, 0) is 45.0 Å². The Morgan fingerprint density at radius 2 is 1.93 bits per heavy atom. The summed E-state index contributed by atoms with van der Waals surface area (Å²) in [5.41, 5.74) is 4.98. The van der Waals surface area contributed by atoms with E-state index in [4.69, 9.17) is 9.73 Å². The van der Waals surface area contributed by atoms with Crippen molar-refractivity contribution >= 4 is 5.84 Å². The number of ether oxygens (including phenoxy) is 1. The van der Waals surface area contributed by atoms with Crippen LogP contribution < -0.4 is 20.8 Å². The molecule has 29 heavy (non-hydrogen) atoms. The largest absolute Gasteiger partial charge is 0.482 e. The molecule has 0 aromatic heterocycles. The number of hydrogen-bond acceptors (Lipinski definition) is 5. The normalized spacial score (nSPS) is 20.8. The zero-order chi connectivity index (χ0) is 20.4. The molecule has 0 saturated heterocycles. The van der Waals surface area contributed by atoms with Gasteiger partial charge in [-0.25, -0.2) is 19.2 Å². The average molecular weight is 403 g/mol. The van der Waals surface area contributed by atoms with E-state index in [0.29, 0.717) is 13.0 Å². The zero-order valence-corrected chi connectivity index (χ0v) is 16.8. The molecule has 0 atom stereocenters. The molecule has 0 fully saturated rings. The summed E-state index contributed by atoms with van der Waals surface area (Å²) >= 11 is 0. The molecular formula is C21H27F2N5O. The van der Waals surface area contributed by atoms with E-state index in [1.165, 1.54) is 29.5 Å². The number of nitrogens with zero attached hydrogens (tertiary/aromatic N) is 2. The van der Waals surface area contributed by atoms with Gasteiger partial charge in [0.15, 0.2) is 17.4 Å². The molecule has 3 aliphatic heterocycles. The number of benzene rings is 1. The lowest BCUT2D eigenvalue weighted by atomic mass is 10.0. The summed E-state index contributed by atoms with van der Waals surface area (Å²) in [7, 11) is 0. The van der Waals surface area contributed by atoms with Crippen LogP contribution in [0.5, 0.6) is 5.75 Å². The molecule has 156 valence electrons. The molecule has 0 aliphatic carbocycles. The lowest BCUT2D eigenvalue weighted by Crippen LogP contribution is -2.47. The third-order valence-electron chi connectivity index (χ3n) is 5.29. The molecular weight excluding hydrogens is 376 g/mol. The molecule has 0 bridgehead atoms. The molecule has 0 saturated carbocycles. The van der Waals surface area contributed by atoms with E-state index in [-0.39, 0.29) is 5.75 Å². The van der Waals surface area contributed by atoms with Crippen LogP contribution in [0.4, 0.5) is 8.78 Å². The Morgan fingerprint density at radius 3 is 2.72 bits per heavy atom. The molecule has 3 heterocycles. The van der Waals surface area contributed by atoms with Crippen LogP contribution in [0.15, 0.2) is 46.4 Å². The van der Waals surface area contributed by atoms with Gasteiger partial charge < -0.3 is 15.4 Å². The summed E-state index contributed by atoms with van der Waals surface area (Å²) in [6.07, 6.45) is 4.45. The molecule has 4 rings (SSSR count). The van der Waals surface area contributed by atoms with Crippen molar-refractivity contribution in [2.45, 2.75) is 38.7 Å². The van der Waals surface area contributed by atoms with Gasteiger partial charge in [0.25, 0.3) is 0 Å². The summed E-state index contributed by atoms with van der Waals surface area (Å²) < 4.78 is 33.5. The highest BCUT2D eigenvalue weighted by molar-refractivity contribution is 6.01. The lowest BCUT2D eigenvalue weighted by molar-refractivity contribution is 0.0908. The molecule has 6 nitrogen and oxygen atoms in total. The average Bonchev–Trinajstić information content (AvgIpc) is 3.01. The number of hydrazine groups is 1. The second-order valence-corrected chi connectivity index (χ2v) is 7.99. The summed E-state index contributed by atoms with van der Waals surface area (Å²) in [6, 6.07) is 3.73. The maximum atomic E-state index is 13.9. The van der Waals surface area contributed by atoms with Gasteiger partial charge in [-0.2, -0.15) is 0 Å². The van der Waals surface area contributed by atoms with Gasteiger partial charge in [0, 0.05) is 43.7 Å². The maximum absolute atomic E-state index is 13.9. The second kappa shape index (κ2) is 8.12. The van der Waals surface area contributed by atoms with Crippen LogP contribution in [0.1, 0.15) is 33.1 Å². The first-order valence-corrected chi connectivity index (χ1v) is 10.1. The van der Waals surface area contributed by atoms with Crippen molar-refractivity contribution < 1.29 is 13.5 Å². The van der Waals surface area contributed by atoms with Crippen LogP contribution in [-0.2, 0) is 0 Å². The van der Waals surface area contributed by atoms with Crippen molar-refractivity contribution in [3.8, 4) is 5.75 Å². The Balaban J connectivity index is 1.50. The molecule has 3 N–H and O–H groups in total. The molecule has 1 aromatic carbocycles. The molecule has 8 heteroatoms. The molecule has 0 amide bonds. The van der Waals surface area contributed by atoms with E-state index in [9.17, 15) is 8.78 Å². The Morgan fingerprint density at radius 1 is 1.17 bits per heavy atom. The van der Waals surface area contributed by atoms with Crippen LogP contribution >= 0.6 is 0 Å². The fraction of sp³-hybridized carbons (Fsp3) is 0.476.